The number of para-hydroxylation sites is 1. The summed E-state index contributed by atoms with van der Waals surface area (Å²) >= 11 is 0. The number of nitrogens with zero attached hydrogens (tertiary/aromatic N) is 2. The Bertz CT molecular complexity index is 716. The molecular weight excluding hydrogens is 264 g/mol. The Balaban J connectivity index is 2.25. The molecule has 0 aliphatic heterocycles. The molecule has 1 amide bonds. The van der Waals surface area contributed by atoms with Gasteiger partial charge >= 0.3 is 0 Å². The molecule has 0 atom stereocenters. The molecule has 3 N–H and O–H groups in total. The van der Waals surface area contributed by atoms with Gasteiger partial charge in [0.05, 0.1) is 22.6 Å². The number of carbonyl (C=O) groups is 1. The zero-order chi connectivity index (χ0) is 15.4. The predicted octanol–water partition coefficient (Wildman–Crippen LogP) is 2.46. The quantitative estimate of drug-likeness (QED) is 0.846. The van der Waals surface area contributed by atoms with Crippen LogP contribution in [-0.2, 0) is 0 Å². The average molecular weight is 280 g/mol. The van der Waals surface area contributed by atoms with Crippen LogP contribution in [0.15, 0.2) is 42.5 Å². The van der Waals surface area contributed by atoms with Crippen molar-refractivity contribution in [1.82, 2.24) is 0 Å². The number of nitrogens with one attached hydrogen (secondary N) is 1. The number of anilines is 3. The lowest BCUT2D eigenvalue weighted by atomic mass is 10.1. The molecule has 0 radical (unpaired) electrons. The highest BCUT2D eigenvalue weighted by molar-refractivity contribution is 6.05. The first-order valence-corrected chi connectivity index (χ1v) is 6.40. The Morgan fingerprint density at radius 3 is 2.57 bits per heavy atom. The molecule has 0 heterocycles. The van der Waals surface area contributed by atoms with E-state index in [4.69, 9.17) is 11.0 Å². The lowest BCUT2D eigenvalue weighted by molar-refractivity contribution is 0.102. The number of hydrogen-bond donors (Lipinski definition) is 2. The number of amides is 1. The molecule has 2 aromatic carbocycles. The molecular formula is C16H16N4O. The summed E-state index contributed by atoms with van der Waals surface area (Å²) in [5.74, 6) is -0.297. The molecule has 0 unspecified atom stereocenters. The van der Waals surface area contributed by atoms with E-state index >= 15 is 0 Å². The van der Waals surface area contributed by atoms with Crippen molar-refractivity contribution in [2.45, 2.75) is 0 Å². The minimum absolute atomic E-state index is 0.297. The maximum absolute atomic E-state index is 12.2. The third kappa shape index (κ3) is 3.12. The van der Waals surface area contributed by atoms with Crippen LogP contribution in [0.25, 0.3) is 0 Å². The summed E-state index contributed by atoms with van der Waals surface area (Å²) in [4.78, 5) is 14.1. The minimum atomic E-state index is -0.297. The fourth-order valence-electron chi connectivity index (χ4n) is 1.99. The molecule has 0 fully saturated rings. The standard InChI is InChI=1S/C16H16N4O/c1-20(2)15-8-7-11(9-13(15)18)16(21)19-14-6-4-3-5-12(14)10-17/h3-9H,18H2,1-2H3,(H,19,21). The number of carbonyl (C=O) groups excluding carboxylic acids is 1. The van der Waals surface area contributed by atoms with Crippen molar-refractivity contribution in [1.29, 1.82) is 5.26 Å². The van der Waals surface area contributed by atoms with Gasteiger partial charge in [-0.05, 0) is 30.3 Å². The van der Waals surface area contributed by atoms with E-state index in [0.717, 1.165) is 5.69 Å². The van der Waals surface area contributed by atoms with Gasteiger partial charge in [0.25, 0.3) is 5.91 Å². The van der Waals surface area contributed by atoms with Gasteiger partial charge in [0, 0.05) is 19.7 Å². The van der Waals surface area contributed by atoms with E-state index in [-0.39, 0.29) is 5.91 Å². The summed E-state index contributed by atoms with van der Waals surface area (Å²) in [6.07, 6.45) is 0. The Kier molecular flexibility index (Phi) is 4.10. The van der Waals surface area contributed by atoms with Gasteiger partial charge < -0.3 is 16.0 Å². The van der Waals surface area contributed by atoms with Gasteiger partial charge in [0.1, 0.15) is 6.07 Å². The third-order valence-electron chi connectivity index (χ3n) is 3.07. The molecule has 106 valence electrons. The largest absolute Gasteiger partial charge is 0.397 e. The van der Waals surface area contributed by atoms with Gasteiger partial charge in [-0.2, -0.15) is 5.26 Å². The third-order valence-corrected chi connectivity index (χ3v) is 3.07. The van der Waals surface area contributed by atoms with Gasteiger partial charge in [0.2, 0.25) is 0 Å². The second-order valence-electron chi connectivity index (χ2n) is 4.78. The highest BCUT2D eigenvalue weighted by Gasteiger charge is 2.11. The minimum Gasteiger partial charge on any atom is -0.397 e. The van der Waals surface area contributed by atoms with E-state index < -0.39 is 0 Å². The summed E-state index contributed by atoms with van der Waals surface area (Å²) in [6, 6.07) is 14.0. The smallest absolute Gasteiger partial charge is 0.255 e. The predicted molar refractivity (Wildman–Crippen MR) is 84.3 cm³/mol. The summed E-state index contributed by atoms with van der Waals surface area (Å²) in [6.45, 7) is 0. The maximum atomic E-state index is 12.2. The second kappa shape index (κ2) is 5.97. The summed E-state index contributed by atoms with van der Waals surface area (Å²) < 4.78 is 0. The van der Waals surface area contributed by atoms with Crippen molar-refractivity contribution in [2.75, 3.05) is 30.0 Å². The number of benzene rings is 2. The second-order valence-corrected chi connectivity index (χ2v) is 4.78. The van der Waals surface area contributed by atoms with Crippen molar-refractivity contribution in [2.24, 2.45) is 0 Å². The number of rotatable bonds is 3. The van der Waals surface area contributed by atoms with E-state index in [1.807, 2.05) is 25.1 Å². The van der Waals surface area contributed by atoms with Crippen molar-refractivity contribution in [3.63, 3.8) is 0 Å². The Morgan fingerprint density at radius 1 is 1.24 bits per heavy atom. The number of nitriles is 1. The molecule has 0 aliphatic rings. The molecule has 0 saturated carbocycles. The fraction of sp³-hybridized carbons (Fsp3) is 0.125. The molecule has 0 spiro atoms. The molecule has 0 saturated heterocycles. The fourth-order valence-corrected chi connectivity index (χ4v) is 1.99. The number of nitrogens with two attached hydrogens (primary N) is 1. The lowest BCUT2D eigenvalue weighted by Gasteiger charge is -2.16. The highest BCUT2D eigenvalue weighted by Crippen LogP contribution is 2.23. The van der Waals surface area contributed by atoms with Crippen molar-refractivity contribution < 1.29 is 4.79 Å². The molecule has 5 nitrogen and oxygen atoms in total. The Hall–Kier alpha value is -3.00. The van der Waals surface area contributed by atoms with Crippen molar-refractivity contribution in [3.05, 3.63) is 53.6 Å². The van der Waals surface area contributed by atoms with Crippen LogP contribution in [0.1, 0.15) is 15.9 Å². The first-order valence-electron chi connectivity index (χ1n) is 6.40. The molecule has 5 heteroatoms. The number of hydrogen-bond acceptors (Lipinski definition) is 4. The van der Waals surface area contributed by atoms with Crippen LogP contribution in [0, 0.1) is 11.3 Å². The van der Waals surface area contributed by atoms with Gasteiger partial charge in [-0.3, -0.25) is 4.79 Å². The molecule has 0 bridgehead atoms. The van der Waals surface area contributed by atoms with E-state index in [1.165, 1.54) is 0 Å². The highest BCUT2D eigenvalue weighted by atomic mass is 16.1. The summed E-state index contributed by atoms with van der Waals surface area (Å²) in [5, 5.41) is 11.7. The van der Waals surface area contributed by atoms with Crippen molar-refractivity contribution in [3.8, 4) is 6.07 Å². The maximum Gasteiger partial charge on any atom is 0.255 e. The normalized spacial score (nSPS) is 9.76. The topological polar surface area (TPSA) is 82.2 Å². The van der Waals surface area contributed by atoms with Crippen LogP contribution >= 0.6 is 0 Å². The van der Waals surface area contributed by atoms with Crippen LogP contribution < -0.4 is 16.0 Å². The zero-order valence-electron chi connectivity index (χ0n) is 11.9. The molecule has 21 heavy (non-hydrogen) atoms. The Morgan fingerprint density at radius 2 is 1.95 bits per heavy atom. The van der Waals surface area contributed by atoms with E-state index in [0.29, 0.717) is 22.5 Å². The van der Waals surface area contributed by atoms with Crippen LogP contribution in [0.2, 0.25) is 0 Å². The van der Waals surface area contributed by atoms with Gasteiger partial charge in [-0.25, -0.2) is 0 Å². The monoisotopic (exact) mass is 280 g/mol. The first kappa shape index (κ1) is 14.4. The average Bonchev–Trinajstić information content (AvgIpc) is 2.47. The molecule has 0 aliphatic carbocycles. The van der Waals surface area contributed by atoms with E-state index in [1.54, 1.807) is 42.5 Å². The summed E-state index contributed by atoms with van der Waals surface area (Å²) in [5.41, 5.74) is 8.67. The molecule has 2 aromatic rings. The zero-order valence-corrected chi connectivity index (χ0v) is 11.9. The van der Waals surface area contributed by atoms with Gasteiger partial charge in [-0.15, -0.1) is 0 Å². The van der Waals surface area contributed by atoms with Gasteiger partial charge in [-0.1, -0.05) is 12.1 Å². The van der Waals surface area contributed by atoms with Crippen molar-refractivity contribution >= 4 is 23.0 Å². The lowest BCUT2D eigenvalue weighted by Crippen LogP contribution is -2.15. The van der Waals surface area contributed by atoms with E-state index in [2.05, 4.69) is 5.32 Å². The van der Waals surface area contributed by atoms with Crippen LogP contribution in [-0.4, -0.2) is 20.0 Å². The molecule has 2 rings (SSSR count). The first-order chi connectivity index (χ1) is 10.0. The van der Waals surface area contributed by atoms with Crippen LogP contribution in [0.5, 0.6) is 0 Å². The number of nitrogen functional groups attached to an aromatic ring is 1. The Labute approximate surface area is 123 Å². The SMILES string of the molecule is CN(C)c1ccc(C(=O)Nc2ccccc2C#N)cc1N. The van der Waals surface area contributed by atoms with Gasteiger partial charge in [0.15, 0.2) is 0 Å². The van der Waals surface area contributed by atoms with E-state index in [9.17, 15) is 4.79 Å². The molecule has 0 aromatic heterocycles. The van der Waals surface area contributed by atoms with Crippen LogP contribution in [0.4, 0.5) is 17.1 Å². The summed E-state index contributed by atoms with van der Waals surface area (Å²) in [7, 11) is 3.77. The van der Waals surface area contributed by atoms with Crippen LogP contribution in [0.3, 0.4) is 0 Å².